The van der Waals surface area contributed by atoms with Gasteiger partial charge in [0.1, 0.15) is 5.82 Å². The van der Waals surface area contributed by atoms with Crippen LogP contribution in [0, 0.1) is 5.82 Å². The van der Waals surface area contributed by atoms with Gasteiger partial charge in [-0.15, -0.1) is 0 Å². The molecule has 128 valence electrons. The second kappa shape index (κ2) is 7.03. The van der Waals surface area contributed by atoms with E-state index in [2.05, 4.69) is 15.7 Å². The van der Waals surface area contributed by atoms with Crippen molar-refractivity contribution in [3.05, 3.63) is 53.6 Å². The van der Waals surface area contributed by atoms with Gasteiger partial charge in [0, 0.05) is 43.9 Å². The van der Waals surface area contributed by atoms with Crippen LogP contribution in [0.1, 0.15) is 30.5 Å². The van der Waals surface area contributed by atoms with Gasteiger partial charge in [0.2, 0.25) is 0 Å². The van der Waals surface area contributed by atoms with Crippen molar-refractivity contribution in [3.8, 4) is 0 Å². The number of benzene rings is 1. The van der Waals surface area contributed by atoms with E-state index in [0.717, 1.165) is 36.9 Å². The number of amides is 2. The fourth-order valence-electron chi connectivity index (χ4n) is 3.24. The first kappa shape index (κ1) is 16.5. The average molecular weight is 330 g/mol. The number of hydrogen-bond donors (Lipinski definition) is 2. The van der Waals surface area contributed by atoms with Gasteiger partial charge >= 0.3 is 6.03 Å². The number of nitrogens with one attached hydrogen (secondary N) is 2. The zero-order valence-corrected chi connectivity index (χ0v) is 13.9. The molecule has 1 aliphatic rings. The monoisotopic (exact) mass is 330 g/mol. The second-order valence-corrected chi connectivity index (χ2v) is 6.45. The maximum absolute atomic E-state index is 13.1. The standard InChI is InChI=1S/C18H23FN4O/c1-23-16(8-12-22-23)7-11-20-17(24)21-13-18(9-2-10-18)14-3-5-15(19)6-4-14/h3-6,8,12H,2,7,9-11,13H2,1H3,(H2,20,21,24). The molecule has 0 aliphatic heterocycles. The van der Waals surface area contributed by atoms with Crippen LogP contribution in [0.15, 0.2) is 36.5 Å². The van der Waals surface area contributed by atoms with Crippen LogP contribution in [0.2, 0.25) is 0 Å². The summed E-state index contributed by atoms with van der Waals surface area (Å²) >= 11 is 0. The van der Waals surface area contributed by atoms with Crippen molar-refractivity contribution < 1.29 is 9.18 Å². The highest BCUT2D eigenvalue weighted by atomic mass is 19.1. The van der Waals surface area contributed by atoms with Crippen molar-refractivity contribution >= 4 is 6.03 Å². The summed E-state index contributed by atoms with van der Waals surface area (Å²) in [6.45, 7) is 1.14. The quantitative estimate of drug-likeness (QED) is 0.855. The summed E-state index contributed by atoms with van der Waals surface area (Å²) in [4.78, 5) is 12.0. The van der Waals surface area contributed by atoms with Crippen LogP contribution in [0.4, 0.5) is 9.18 Å². The molecule has 1 heterocycles. The van der Waals surface area contributed by atoms with Gasteiger partial charge in [0.25, 0.3) is 0 Å². The Kier molecular flexibility index (Phi) is 4.83. The minimum absolute atomic E-state index is 0.0485. The Balaban J connectivity index is 1.48. The van der Waals surface area contributed by atoms with E-state index in [9.17, 15) is 9.18 Å². The van der Waals surface area contributed by atoms with Crippen LogP contribution in [0.3, 0.4) is 0 Å². The number of rotatable bonds is 6. The molecule has 0 bridgehead atoms. The summed E-state index contributed by atoms with van der Waals surface area (Å²) in [5.74, 6) is -0.228. The molecule has 0 radical (unpaired) electrons. The van der Waals surface area contributed by atoms with Crippen molar-refractivity contribution in [1.82, 2.24) is 20.4 Å². The summed E-state index contributed by atoms with van der Waals surface area (Å²) in [5.41, 5.74) is 2.13. The highest BCUT2D eigenvalue weighted by molar-refractivity contribution is 5.74. The van der Waals surface area contributed by atoms with Gasteiger partial charge in [0.05, 0.1) is 0 Å². The molecule has 0 saturated heterocycles. The van der Waals surface area contributed by atoms with E-state index in [-0.39, 0.29) is 17.3 Å². The first-order valence-corrected chi connectivity index (χ1v) is 8.34. The van der Waals surface area contributed by atoms with E-state index in [1.54, 1.807) is 10.9 Å². The van der Waals surface area contributed by atoms with Gasteiger partial charge in [-0.3, -0.25) is 4.68 Å². The van der Waals surface area contributed by atoms with Gasteiger partial charge in [-0.05, 0) is 36.6 Å². The maximum Gasteiger partial charge on any atom is 0.314 e. The minimum atomic E-state index is -0.228. The summed E-state index contributed by atoms with van der Waals surface area (Å²) in [6.07, 6.45) is 5.68. The third kappa shape index (κ3) is 3.58. The summed E-state index contributed by atoms with van der Waals surface area (Å²) in [5, 5.41) is 9.95. The lowest BCUT2D eigenvalue weighted by Gasteiger charge is -2.42. The molecule has 24 heavy (non-hydrogen) atoms. The molecule has 0 atom stereocenters. The molecular formula is C18H23FN4O. The maximum atomic E-state index is 13.1. The number of halogens is 1. The molecule has 2 N–H and O–H groups in total. The number of nitrogens with zero attached hydrogens (tertiary/aromatic N) is 2. The Morgan fingerprint density at radius 2 is 2.00 bits per heavy atom. The normalized spacial score (nSPS) is 15.6. The van der Waals surface area contributed by atoms with Gasteiger partial charge in [-0.1, -0.05) is 18.6 Å². The van der Waals surface area contributed by atoms with E-state index in [0.29, 0.717) is 13.1 Å². The van der Waals surface area contributed by atoms with Crippen molar-refractivity contribution in [3.63, 3.8) is 0 Å². The van der Waals surface area contributed by atoms with Crippen LogP contribution < -0.4 is 10.6 Å². The summed E-state index contributed by atoms with van der Waals surface area (Å²) in [6, 6.07) is 8.42. The predicted octanol–water partition coefficient (Wildman–Crippen LogP) is 2.52. The first-order chi connectivity index (χ1) is 11.6. The number of aryl methyl sites for hydroxylation is 1. The van der Waals surface area contributed by atoms with Gasteiger partial charge < -0.3 is 10.6 Å². The lowest BCUT2D eigenvalue weighted by atomic mass is 9.64. The molecular weight excluding hydrogens is 307 g/mol. The molecule has 2 amide bonds. The number of urea groups is 1. The molecule has 1 fully saturated rings. The van der Waals surface area contributed by atoms with Gasteiger partial charge in [-0.2, -0.15) is 5.10 Å². The van der Waals surface area contributed by atoms with Crippen LogP contribution >= 0.6 is 0 Å². The Morgan fingerprint density at radius 1 is 1.25 bits per heavy atom. The number of carbonyl (C=O) groups excluding carboxylic acids is 1. The van der Waals surface area contributed by atoms with Crippen molar-refractivity contribution in [2.75, 3.05) is 13.1 Å². The molecule has 1 saturated carbocycles. The molecule has 0 unspecified atom stereocenters. The zero-order valence-electron chi connectivity index (χ0n) is 13.9. The summed E-state index contributed by atoms with van der Waals surface area (Å²) < 4.78 is 14.9. The van der Waals surface area contributed by atoms with E-state index in [4.69, 9.17) is 0 Å². The fourth-order valence-corrected chi connectivity index (χ4v) is 3.24. The van der Waals surface area contributed by atoms with E-state index < -0.39 is 0 Å². The van der Waals surface area contributed by atoms with Crippen LogP contribution in [0.25, 0.3) is 0 Å². The molecule has 3 rings (SSSR count). The van der Waals surface area contributed by atoms with Crippen LogP contribution in [-0.4, -0.2) is 28.9 Å². The molecule has 5 nitrogen and oxygen atoms in total. The second-order valence-electron chi connectivity index (χ2n) is 6.45. The largest absolute Gasteiger partial charge is 0.338 e. The van der Waals surface area contributed by atoms with Crippen LogP contribution in [0.5, 0.6) is 0 Å². The predicted molar refractivity (Wildman–Crippen MR) is 90.2 cm³/mol. The molecule has 1 aromatic carbocycles. The number of hydrogen-bond acceptors (Lipinski definition) is 2. The topological polar surface area (TPSA) is 59.0 Å². The smallest absolute Gasteiger partial charge is 0.314 e. The summed E-state index contributed by atoms with van der Waals surface area (Å²) in [7, 11) is 1.89. The Bertz CT molecular complexity index is 691. The van der Waals surface area contributed by atoms with Gasteiger partial charge in [0.15, 0.2) is 0 Å². The average Bonchev–Trinajstić information content (AvgIpc) is 2.93. The molecule has 1 aromatic heterocycles. The van der Waals surface area contributed by atoms with E-state index >= 15 is 0 Å². The van der Waals surface area contributed by atoms with Gasteiger partial charge in [-0.25, -0.2) is 9.18 Å². The molecule has 6 heteroatoms. The number of aromatic nitrogens is 2. The highest BCUT2D eigenvalue weighted by Crippen LogP contribution is 2.43. The zero-order chi connectivity index (χ0) is 17.0. The first-order valence-electron chi connectivity index (χ1n) is 8.34. The lowest BCUT2D eigenvalue weighted by molar-refractivity contribution is 0.215. The molecule has 2 aromatic rings. The SMILES string of the molecule is Cn1nccc1CCNC(=O)NCC1(c2ccc(F)cc2)CCC1. The third-order valence-corrected chi connectivity index (χ3v) is 4.94. The number of carbonyl (C=O) groups is 1. The van der Waals surface area contributed by atoms with E-state index in [1.165, 1.54) is 12.1 Å². The van der Waals surface area contributed by atoms with Crippen molar-refractivity contribution in [2.45, 2.75) is 31.1 Å². The third-order valence-electron chi connectivity index (χ3n) is 4.94. The van der Waals surface area contributed by atoms with E-state index in [1.807, 2.05) is 25.2 Å². The van der Waals surface area contributed by atoms with Crippen molar-refractivity contribution in [1.29, 1.82) is 0 Å². The fraction of sp³-hybridized carbons (Fsp3) is 0.444. The minimum Gasteiger partial charge on any atom is -0.338 e. The molecule has 1 aliphatic carbocycles. The van der Waals surface area contributed by atoms with Crippen LogP contribution in [-0.2, 0) is 18.9 Å². The lowest BCUT2D eigenvalue weighted by Crippen LogP contribution is -2.48. The Hall–Kier alpha value is -2.37. The Morgan fingerprint density at radius 3 is 2.58 bits per heavy atom. The molecule has 0 spiro atoms. The Labute approximate surface area is 141 Å². The van der Waals surface area contributed by atoms with Crippen molar-refractivity contribution in [2.24, 2.45) is 7.05 Å². The highest BCUT2D eigenvalue weighted by Gasteiger charge is 2.38.